The van der Waals surface area contributed by atoms with Crippen LogP contribution in [0.15, 0.2) is 146 Å². The highest BCUT2D eigenvalue weighted by Gasteiger charge is 2.15. The number of benzene rings is 5. The molecule has 0 aromatic heterocycles. The summed E-state index contributed by atoms with van der Waals surface area (Å²) in [7, 11) is 10.1. The number of nitrogens with two attached hydrogens (primary N) is 1. The Morgan fingerprint density at radius 1 is 0.387 bits per heavy atom. The summed E-state index contributed by atoms with van der Waals surface area (Å²) in [5.41, 5.74) is 12.7. The van der Waals surface area contributed by atoms with Gasteiger partial charge in [-0.3, -0.25) is 47.9 Å². The van der Waals surface area contributed by atoms with Crippen molar-refractivity contribution in [3.8, 4) is 0 Å². The SMILES string of the molecule is CC(CO)NC(=O)c1cccc(/C=C\CCCC(N)=O)c1.CC(CO)NC(=O)c1cccc(/C=C\CCCCC(=O)N(C)C)c1.CC(CO)NC(=O)c1cccc(CCCCCC(=O)N(C)C)c1.CNC(=O)CC/C=C\c1cccc(C(=O)NC(C)CO)c1.COC(=O)CCC/C=C\c1cccc(C(=O)NC(C)CO)c1. The zero-order valence-electron chi connectivity index (χ0n) is 66.8. The van der Waals surface area contributed by atoms with Gasteiger partial charge in [-0.1, -0.05) is 116 Å². The van der Waals surface area contributed by atoms with Crippen molar-refractivity contribution >= 4 is 83.4 Å². The molecule has 0 radical (unpaired) electrons. The van der Waals surface area contributed by atoms with Gasteiger partial charge in [-0.15, -0.1) is 0 Å². The minimum Gasteiger partial charge on any atom is -0.469 e. The molecule has 0 aliphatic rings. The van der Waals surface area contributed by atoms with E-state index in [0.29, 0.717) is 66.3 Å². The summed E-state index contributed by atoms with van der Waals surface area (Å²) in [4.78, 5) is 119. The van der Waals surface area contributed by atoms with Gasteiger partial charge in [-0.05, 0) is 194 Å². The van der Waals surface area contributed by atoms with Crippen LogP contribution in [0.5, 0.6) is 0 Å². The number of amides is 9. The van der Waals surface area contributed by atoms with E-state index in [1.54, 1.807) is 134 Å². The Hall–Kier alpha value is -10.4. The van der Waals surface area contributed by atoms with Gasteiger partial charge in [0.15, 0.2) is 0 Å². The smallest absolute Gasteiger partial charge is 0.305 e. The number of ether oxygens (including phenoxy) is 1. The summed E-state index contributed by atoms with van der Waals surface area (Å²) in [5, 5.41) is 60.9. The first kappa shape index (κ1) is 98.6. The third-order valence-corrected chi connectivity index (χ3v) is 16.2. The maximum Gasteiger partial charge on any atom is 0.305 e. The number of aryl methyl sites for hydroxylation is 1. The third kappa shape index (κ3) is 47.3. The van der Waals surface area contributed by atoms with Crippen LogP contribution in [0, 0.1) is 0 Å². The molecule has 608 valence electrons. The molecule has 0 fully saturated rings. The molecule has 9 amide bonds. The molecule has 0 bridgehead atoms. The molecule has 0 saturated carbocycles. The summed E-state index contributed by atoms with van der Waals surface area (Å²) in [6, 6.07) is 35.2. The number of aliphatic hydroxyl groups is 5. The molecule has 25 nitrogen and oxygen atoms in total. The number of nitrogens with zero attached hydrogens (tertiary/aromatic N) is 2. The first-order valence-electron chi connectivity index (χ1n) is 37.7. The van der Waals surface area contributed by atoms with E-state index in [2.05, 4.69) is 42.7 Å². The highest BCUT2D eigenvalue weighted by molar-refractivity contribution is 5.97. The lowest BCUT2D eigenvalue weighted by molar-refractivity contribution is -0.140. The highest BCUT2D eigenvalue weighted by atomic mass is 16.5. The first-order valence-corrected chi connectivity index (χ1v) is 37.7. The lowest BCUT2D eigenvalue weighted by Gasteiger charge is -2.11. The van der Waals surface area contributed by atoms with Crippen LogP contribution in [0.4, 0.5) is 0 Å². The molecule has 5 aromatic carbocycles. The zero-order valence-corrected chi connectivity index (χ0v) is 66.8. The Balaban J connectivity index is 0.000000694. The molecular formula is C86H123N9O16. The molecule has 25 heteroatoms. The molecule has 5 atom stereocenters. The number of primary amides is 1. The van der Waals surface area contributed by atoms with Gasteiger partial charge in [0.25, 0.3) is 29.5 Å². The molecule has 5 aromatic rings. The van der Waals surface area contributed by atoms with Gasteiger partial charge in [0.05, 0.1) is 40.1 Å². The number of unbranched alkanes of at least 4 members (excludes halogenated alkanes) is 6. The van der Waals surface area contributed by atoms with E-state index in [0.717, 1.165) is 98.4 Å². The predicted octanol–water partition coefficient (Wildman–Crippen LogP) is 9.40. The number of hydrogen-bond acceptors (Lipinski definition) is 16. The van der Waals surface area contributed by atoms with Crippen molar-refractivity contribution in [2.75, 3.05) is 75.4 Å². The van der Waals surface area contributed by atoms with Gasteiger partial charge in [-0.25, -0.2) is 0 Å². The van der Waals surface area contributed by atoms with Crippen LogP contribution in [0.2, 0.25) is 0 Å². The van der Waals surface area contributed by atoms with E-state index >= 15 is 0 Å². The molecular weight excluding hydrogens is 1410 g/mol. The average molecular weight is 1540 g/mol. The number of nitrogens with one attached hydrogen (secondary N) is 6. The Kier molecular flexibility index (Phi) is 52.8. The topological polar surface area (TPSA) is 386 Å². The molecule has 0 aliphatic carbocycles. The third-order valence-electron chi connectivity index (χ3n) is 16.2. The van der Waals surface area contributed by atoms with Crippen molar-refractivity contribution in [2.45, 2.75) is 174 Å². The fraction of sp³-hybridized carbons (Fsp3) is 0.442. The van der Waals surface area contributed by atoms with Crippen LogP contribution in [-0.2, 0) is 35.1 Å². The van der Waals surface area contributed by atoms with Crippen LogP contribution >= 0.6 is 0 Å². The molecule has 111 heavy (non-hydrogen) atoms. The largest absolute Gasteiger partial charge is 0.469 e. The molecule has 0 saturated heterocycles. The van der Waals surface area contributed by atoms with Crippen molar-refractivity contribution in [3.05, 3.63) is 201 Å². The van der Waals surface area contributed by atoms with Crippen molar-refractivity contribution in [1.29, 1.82) is 0 Å². The monoisotopic (exact) mass is 1540 g/mol. The number of rotatable bonds is 41. The van der Waals surface area contributed by atoms with Gasteiger partial charge in [0.2, 0.25) is 23.6 Å². The van der Waals surface area contributed by atoms with Crippen molar-refractivity contribution in [3.63, 3.8) is 0 Å². The molecule has 0 aliphatic heterocycles. The maximum atomic E-state index is 12.0. The van der Waals surface area contributed by atoms with E-state index in [4.69, 9.17) is 31.3 Å². The van der Waals surface area contributed by atoms with Gasteiger partial charge in [0, 0.05) is 125 Å². The number of methoxy groups -OCH3 is 1. The van der Waals surface area contributed by atoms with Crippen LogP contribution < -0.4 is 37.6 Å². The predicted molar refractivity (Wildman–Crippen MR) is 439 cm³/mol. The minimum atomic E-state index is -0.292. The van der Waals surface area contributed by atoms with Crippen molar-refractivity contribution < 1.29 is 78.2 Å². The lowest BCUT2D eigenvalue weighted by Crippen LogP contribution is -2.34. The van der Waals surface area contributed by atoms with Crippen LogP contribution in [0.1, 0.15) is 217 Å². The Morgan fingerprint density at radius 2 is 0.694 bits per heavy atom. The number of carbonyl (C=O) groups excluding carboxylic acids is 10. The average Bonchev–Trinajstić information content (AvgIpc) is 0.904. The lowest BCUT2D eigenvalue weighted by atomic mass is 10.0. The summed E-state index contributed by atoms with van der Waals surface area (Å²) in [6.45, 7) is 8.30. The molecule has 0 spiro atoms. The summed E-state index contributed by atoms with van der Waals surface area (Å²) < 4.78 is 4.57. The van der Waals surface area contributed by atoms with Gasteiger partial charge < -0.3 is 77.7 Å². The van der Waals surface area contributed by atoms with E-state index < -0.39 is 0 Å². The standard InChI is InChI=1S/C19H28N2O3.C18H28N2O3.C17H23NO4.2C16H22N2O3/c1-15(14-22)20-19(24)17-11-8-10-16(13-17)9-6-4-5-7-12-18(23)21(2)3;1-14(13-21)19-18(23)16-10-7-9-15(12-16)8-5-4-6-11-17(22)20(2)3;1-13(12-19)18-17(21)15-9-6-8-14(11-15)7-4-3-5-10-16(20)22-2;1-12(11-19)18-16(21)14-8-5-7-13(10-14)6-3-4-9-15(20)17-2;1-12(11-19)18-16(21)14-8-5-7-13(10-14)6-3-2-4-9-15(17)20/h6,8-11,13,15,22H,4-5,7,12,14H2,1-3H3,(H,20,24);7,9-10,12,14,21H,4-6,8,11,13H2,1-3H3,(H,19,23);4,6-9,11,13,19H,3,5,10,12H2,1-2H3,(H,18,21);3,5-8,10,12,19H,4,9,11H2,1-2H3,(H,17,20)(H,18,21);3,5-8,10,12,19H,2,4,9,11H2,1H3,(H2,17,20)(H,18,21)/b9-6-;;7-4-;2*6-3-. The zero-order chi connectivity index (χ0) is 82.9. The summed E-state index contributed by atoms with van der Waals surface area (Å²) in [6.07, 6.45) is 28.2. The number of allylic oxidation sites excluding steroid dienone is 4. The minimum absolute atomic E-state index is 0.00534. The number of aliphatic hydroxyl groups excluding tert-OH is 5. The van der Waals surface area contributed by atoms with E-state index in [-0.39, 0.29) is 122 Å². The van der Waals surface area contributed by atoms with E-state index in [1.807, 2.05) is 109 Å². The van der Waals surface area contributed by atoms with Gasteiger partial charge in [-0.2, -0.15) is 0 Å². The second kappa shape index (κ2) is 59.4. The number of hydrogen-bond donors (Lipinski definition) is 12. The fourth-order valence-electron chi connectivity index (χ4n) is 9.61. The summed E-state index contributed by atoms with van der Waals surface area (Å²) in [5.74, 6) is -1.13. The van der Waals surface area contributed by atoms with Gasteiger partial charge >= 0.3 is 5.97 Å². The second-order valence-corrected chi connectivity index (χ2v) is 27.0. The summed E-state index contributed by atoms with van der Waals surface area (Å²) >= 11 is 0. The van der Waals surface area contributed by atoms with Crippen LogP contribution in [0.25, 0.3) is 24.3 Å². The van der Waals surface area contributed by atoms with E-state index in [9.17, 15) is 47.9 Å². The van der Waals surface area contributed by atoms with Crippen molar-refractivity contribution in [2.24, 2.45) is 5.73 Å². The van der Waals surface area contributed by atoms with Crippen LogP contribution in [-0.4, -0.2) is 200 Å². The molecule has 5 unspecified atom stereocenters. The van der Waals surface area contributed by atoms with Crippen molar-refractivity contribution in [1.82, 2.24) is 41.7 Å². The Morgan fingerprint density at radius 3 is 1.01 bits per heavy atom. The molecule has 5 rings (SSSR count). The maximum absolute atomic E-state index is 12.0. The van der Waals surface area contributed by atoms with Crippen LogP contribution in [0.3, 0.4) is 0 Å². The number of esters is 1. The normalized spacial score (nSPS) is 12.1. The highest BCUT2D eigenvalue weighted by Crippen LogP contribution is 2.16. The fourth-order valence-corrected chi connectivity index (χ4v) is 9.61. The van der Waals surface area contributed by atoms with Gasteiger partial charge in [0.1, 0.15) is 0 Å². The molecule has 0 heterocycles. The Bertz CT molecular complexity index is 3740. The first-order chi connectivity index (χ1) is 53.0. The number of carbonyl (C=O) groups is 10. The van der Waals surface area contributed by atoms with E-state index in [1.165, 1.54) is 7.11 Å². The Labute approximate surface area is 656 Å². The second-order valence-electron chi connectivity index (χ2n) is 27.0. The quantitative estimate of drug-likeness (QED) is 0.0128. The molecule has 13 N–H and O–H groups in total.